The van der Waals surface area contributed by atoms with Crippen LogP contribution in [0.2, 0.25) is 0 Å². The van der Waals surface area contributed by atoms with Crippen molar-refractivity contribution in [2.75, 3.05) is 30.9 Å². The van der Waals surface area contributed by atoms with E-state index in [2.05, 4.69) is 77.5 Å². The number of fused-ring (bicyclic) bond motifs is 1. The number of benzene rings is 1. The molecule has 8 heteroatoms. The molecule has 1 aliphatic heterocycles. The molecule has 0 N–H and O–H groups in total. The Morgan fingerprint density at radius 3 is 2.30 bits per heavy atom. The van der Waals surface area contributed by atoms with Gasteiger partial charge >= 0.3 is 0 Å². The summed E-state index contributed by atoms with van der Waals surface area (Å²) in [6, 6.07) is 6.50. The van der Waals surface area contributed by atoms with Gasteiger partial charge < -0.3 is 9.47 Å². The maximum atomic E-state index is 11.2. The Morgan fingerprint density at radius 1 is 1.06 bits per heavy atom. The summed E-state index contributed by atoms with van der Waals surface area (Å²) in [4.78, 5) is 7.42. The van der Waals surface area contributed by atoms with Crippen LogP contribution in [0.25, 0.3) is 16.7 Å². The molecule has 6 nitrogen and oxygen atoms in total. The zero-order valence-electron chi connectivity index (χ0n) is 20.0. The summed E-state index contributed by atoms with van der Waals surface area (Å²) in [5.41, 5.74) is 8.07. The number of aromatic nitrogens is 2. The molecule has 4 rings (SSSR count). The Hall–Kier alpha value is -1.90. The van der Waals surface area contributed by atoms with E-state index < -0.39 is 10.1 Å². The predicted molar refractivity (Wildman–Crippen MR) is 138 cm³/mol. The zero-order valence-corrected chi connectivity index (χ0v) is 22.4. The summed E-state index contributed by atoms with van der Waals surface area (Å²) >= 11 is 3.61. The first kappa shape index (κ1) is 24.2. The highest BCUT2D eigenvalue weighted by atomic mass is 79.9. The van der Waals surface area contributed by atoms with Crippen molar-refractivity contribution in [3.63, 3.8) is 0 Å². The molecule has 0 unspecified atom stereocenters. The van der Waals surface area contributed by atoms with Gasteiger partial charge in [0.1, 0.15) is 5.65 Å². The van der Waals surface area contributed by atoms with E-state index in [0.717, 1.165) is 54.4 Å². The van der Waals surface area contributed by atoms with Crippen LogP contribution in [0.3, 0.4) is 0 Å². The number of anilines is 1. The topological polar surface area (TPSA) is 64.4 Å². The van der Waals surface area contributed by atoms with E-state index in [4.69, 9.17) is 9.17 Å². The van der Waals surface area contributed by atoms with E-state index >= 15 is 0 Å². The molecule has 1 saturated heterocycles. The van der Waals surface area contributed by atoms with Crippen molar-refractivity contribution in [3.05, 3.63) is 51.3 Å². The van der Waals surface area contributed by atoms with Gasteiger partial charge in [0.05, 0.1) is 18.6 Å². The lowest BCUT2D eigenvalue weighted by atomic mass is 9.93. The van der Waals surface area contributed by atoms with E-state index in [9.17, 15) is 8.42 Å². The fraction of sp³-hybridized carbons (Fsp3) is 0.480. The normalized spacial score (nSPS) is 15.5. The van der Waals surface area contributed by atoms with Crippen LogP contribution in [0.5, 0.6) is 0 Å². The average molecular weight is 535 g/mol. The van der Waals surface area contributed by atoms with Crippen LogP contribution in [0.15, 0.2) is 28.9 Å². The number of halogens is 1. The Balaban J connectivity index is 1.63. The van der Waals surface area contributed by atoms with Crippen LogP contribution in [-0.4, -0.2) is 43.9 Å². The largest absolute Gasteiger partial charge is 0.371 e. The van der Waals surface area contributed by atoms with Gasteiger partial charge in [0.15, 0.2) is 0 Å². The Bertz CT molecular complexity index is 1270. The second-order valence-corrected chi connectivity index (χ2v) is 11.9. The molecule has 1 aromatic carbocycles. The molecule has 3 heterocycles. The van der Waals surface area contributed by atoms with Gasteiger partial charge in [0, 0.05) is 40.5 Å². The summed E-state index contributed by atoms with van der Waals surface area (Å²) in [6.45, 7) is 10.7. The maximum absolute atomic E-state index is 11.2. The third kappa shape index (κ3) is 5.28. The molecule has 0 aliphatic carbocycles. The van der Waals surface area contributed by atoms with Crippen LogP contribution < -0.4 is 4.90 Å². The Kier molecular flexibility index (Phi) is 6.90. The minimum Gasteiger partial charge on any atom is -0.371 e. The molecule has 1 fully saturated rings. The Labute approximate surface area is 205 Å². The minimum absolute atomic E-state index is 0.274. The number of hydrogen-bond acceptors (Lipinski definition) is 5. The highest BCUT2D eigenvalue weighted by Gasteiger charge is 2.24. The molecule has 0 spiro atoms. The molecule has 0 bridgehead atoms. The van der Waals surface area contributed by atoms with Crippen LogP contribution in [0.4, 0.5) is 5.69 Å². The first-order valence-corrected chi connectivity index (χ1v) is 14.0. The van der Waals surface area contributed by atoms with Crippen molar-refractivity contribution in [1.82, 2.24) is 9.55 Å². The zero-order chi connectivity index (χ0) is 23.9. The number of rotatable bonds is 6. The van der Waals surface area contributed by atoms with Crippen molar-refractivity contribution in [2.45, 2.75) is 47.0 Å². The molecular weight excluding hydrogens is 502 g/mol. The molecule has 33 heavy (non-hydrogen) atoms. The molecule has 1 aliphatic rings. The fourth-order valence-corrected chi connectivity index (χ4v) is 6.13. The molecule has 2 aromatic heterocycles. The summed E-state index contributed by atoms with van der Waals surface area (Å²) < 4.78 is 30.7. The lowest BCUT2D eigenvalue weighted by Crippen LogP contribution is -2.34. The second kappa shape index (κ2) is 9.39. The summed E-state index contributed by atoms with van der Waals surface area (Å²) in [6.07, 6.45) is 6.15. The van der Waals surface area contributed by atoms with Crippen molar-refractivity contribution in [3.8, 4) is 5.69 Å². The van der Waals surface area contributed by atoms with Gasteiger partial charge in [-0.1, -0.05) is 15.9 Å². The van der Waals surface area contributed by atoms with Gasteiger partial charge in [-0.25, -0.2) is 4.98 Å². The molecule has 0 atom stereocenters. The van der Waals surface area contributed by atoms with Crippen molar-refractivity contribution in [1.29, 1.82) is 0 Å². The van der Waals surface area contributed by atoms with E-state index in [1.807, 2.05) is 0 Å². The fourth-order valence-electron chi connectivity index (χ4n) is 5.04. The van der Waals surface area contributed by atoms with Crippen LogP contribution in [-0.2, 0) is 14.3 Å². The number of hydrogen-bond donors (Lipinski definition) is 0. The van der Waals surface area contributed by atoms with E-state index in [1.165, 1.54) is 33.5 Å². The van der Waals surface area contributed by atoms with Gasteiger partial charge in [-0.15, -0.1) is 0 Å². The van der Waals surface area contributed by atoms with Crippen LogP contribution >= 0.6 is 15.9 Å². The smallest absolute Gasteiger partial charge is 0.264 e. The van der Waals surface area contributed by atoms with Crippen molar-refractivity contribution >= 4 is 42.8 Å². The van der Waals surface area contributed by atoms with Gasteiger partial charge in [-0.2, -0.15) is 8.42 Å². The van der Waals surface area contributed by atoms with Crippen LogP contribution in [0, 0.1) is 33.6 Å². The number of nitrogens with zero attached hydrogens (tertiary/aromatic N) is 3. The quantitative estimate of drug-likeness (QED) is 0.385. The van der Waals surface area contributed by atoms with Gasteiger partial charge in [-0.05, 0) is 87.8 Å². The Morgan fingerprint density at radius 2 is 1.70 bits per heavy atom. The van der Waals surface area contributed by atoms with Crippen molar-refractivity contribution in [2.24, 2.45) is 5.92 Å². The predicted octanol–water partition coefficient (Wildman–Crippen LogP) is 5.60. The number of pyridine rings is 1. The van der Waals surface area contributed by atoms with E-state index in [0.29, 0.717) is 5.92 Å². The average Bonchev–Trinajstić information content (AvgIpc) is 3.02. The van der Waals surface area contributed by atoms with Gasteiger partial charge in [0.2, 0.25) is 0 Å². The minimum atomic E-state index is -3.36. The molecule has 0 saturated carbocycles. The van der Waals surface area contributed by atoms with Crippen LogP contribution in [0.1, 0.15) is 41.6 Å². The van der Waals surface area contributed by atoms with Gasteiger partial charge in [-0.3, -0.25) is 4.18 Å². The molecule has 178 valence electrons. The lowest BCUT2D eigenvalue weighted by Gasteiger charge is -2.34. The lowest BCUT2D eigenvalue weighted by molar-refractivity contribution is 0.264. The molecule has 0 radical (unpaired) electrons. The SMILES string of the molecule is Cc1cc(N2CCC(CCOS(C)(=O)=O)CC2)c2c(C)cn(-c3c(C)cc(Br)cc3C)c2n1. The third-order valence-corrected chi connectivity index (χ3v) is 7.58. The summed E-state index contributed by atoms with van der Waals surface area (Å²) in [5, 5.41) is 1.21. The second-order valence-electron chi connectivity index (χ2n) is 9.30. The van der Waals surface area contributed by atoms with Gasteiger partial charge in [0.25, 0.3) is 10.1 Å². The molecule has 0 amide bonds. The van der Waals surface area contributed by atoms with E-state index in [-0.39, 0.29) is 6.61 Å². The molecular formula is C25H32BrN3O3S. The third-order valence-electron chi connectivity index (χ3n) is 6.53. The summed E-state index contributed by atoms with van der Waals surface area (Å²) in [5.74, 6) is 0.486. The molecule has 3 aromatic rings. The number of aryl methyl sites for hydroxylation is 4. The first-order valence-electron chi connectivity index (χ1n) is 11.4. The van der Waals surface area contributed by atoms with E-state index in [1.54, 1.807) is 0 Å². The summed E-state index contributed by atoms with van der Waals surface area (Å²) in [7, 11) is -3.36. The maximum Gasteiger partial charge on any atom is 0.264 e. The first-order chi connectivity index (χ1) is 15.5. The standard InChI is InChI=1S/C25H32BrN3O3S/c1-16-12-21(26)13-17(2)24(16)29-15-18(3)23-22(14-19(4)27-25(23)29)28-9-6-20(7-10-28)8-11-32-33(5,30)31/h12-15,20H,6-11H2,1-5H3. The number of piperidine rings is 1. The van der Waals surface area contributed by atoms with Crippen molar-refractivity contribution < 1.29 is 12.6 Å². The monoisotopic (exact) mass is 533 g/mol. The highest BCUT2D eigenvalue weighted by Crippen LogP contribution is 2.36. The highest BCUT2D eigenvalue weighted by molar-refractivity contribution is 9.10.